The Morgan fingerprint density at radius 2 is 1.83 bits per heavy atom. The molecule has 2 aromatic carbocycles. The second kappa shape index (κ2) is 7.51. The van der Waals surface area contributed by atoms with Crippen molar-refractivity contribution >= 4 is 28.1 Å². The van der Waals surface area contributed by atoms with Gasteiger partial charge in [-0.1, -0.05) is 12.1 Å². The van der Waals surface area contributed by atoms with E-state index in [9.17, 15) is 14.9 Å². The van der Waals surface area contributed by atoms with E-state index in [0.29, 0.717) is 23.1 Å². The SMILES string of the molecule is Cn1ccc(Cc2ccc(Nc3ncnc4ccc([N+](=O)[O-])cc34)cc2)cc1=O. The first kappa shape index (κ1) is 18.3. The van der Waals surface area contributed by atoms with Crippen LogP contribution in [0, 0.1) is 10.1 Å². The lowest BCUT2D eigenvalue weighted by atomic mass is 10.1. The molecule has 0 amide bonds. The third-order valence-electron chi connectivity index (χ3n) is 4.62. The number of aryl methyl sites for hydroxylation is 1. The molecule has 0 saturated carbocycles. The van der Waals surface area contributed by atoms with Crippen molar-refractivity contribution in [2.24, 2.45) is 7.05 Å². The monoisotopic (exact) mass is 387 g/mol. The maximum atomic E-state index is 11.8. The minimum atomic E-state index is -0.443. The molecule has 2 heterocycles. The van der Waals surface area contributed by atoms with Gasteiger partial charge in [0.1, 0.15) is 12.1 Å². The van der Waals surface area contributed by atoms with E-state index in [4.69, 9.17) is 0 Å². The fourth-order valence-electron chi connectivity index (χ4n) is 3.04. The minimum Gasteiger partial charge on any atom is -0.340 e. The van der Waals surface area contributed by atoms with Crippen LogP contribution in [0.5, 0.6) is 0 Å². The van der Waals surface area contributed by atoms with Gasteiger partial charge in [0.25, 0.3) is 11.2 Å². The fourth-order valence-corrected chi connectivity index (χ4v) is 3.04. The van der Waals surface area contributed by atoms with Crippen molar-refractivity contribution in [3.8, 4) is 0 Å². The Morgan fingerprint density at radius 1 is 1.03 bits per heavy atom. The lowest BCUT2D eigenvalue weighted by Crippen LogP contribution is -2.15. The summed E-state index contributed by atoms with van der Waals surface area (Å²) in [4.78, 5) is 30.8. The van der Waals surface area contributed by atoms with Crippen molar-refractivity contribution in [2.75, 3.05) is 5.32 Å². The van der Waals surface area contributed by atoms with Crippen LogP contribution in [0.4, 0.5) is 17.2 Å². The molecule has 4 aromatic rings. The molecular weight excluding hydrogens is 370 g/mol. The highest BCUT2D eigenvalue weighted by Gasteiger charge is 2.11. The predicted molar refractivity (Wildman–Crippen MR) is 110 cm³/mol. The number of hydrogen-bond acceptors (Lipinski definition) is 6. The van der Waals surface area contributed by atoms with Crippen molar-refractivity contribution in [1.29, 1.82) is 0 Å². The maximum absolute atomic E-state index is 11.8. The smallest absolute Gasteiger partial charge is 0.270 e. The Kier molecular flexibility index (Phi) is 4.74. The molecule has 0 unspecified atom stereocenters. The first-order valence-corrected chi connectivity index (χ1v) is 8.90. The van der Waals surface area contributed by atoms with Gasteiger partial charge >= 0.3 is 0 Å². The zero-order valence-electron chi connectivity index (χ0n) is 15.6. The van der Waals surface area contributed by atoms with Gasteiger partial charge in [0, 0.05) is 42.5 Å². The first-order chi connectivity index (χ1) is 14.0. The number of pyridine rings is 1. The number of fused-ring (bicyclic) bond motifs is 1. The number of nitro benzene ring substituents is 1. The second-order valence-electron chi connectivity index (χ2n) is 6.66. The largest absolute Gasteiger partial charge is 0.340 e. The molecule has 144 valence electrons. The maximum Gasteiger partial charge on any atom is 0.270 e. The van der Waals surface area contributed by atoms with Gasteiger partial charge in [-0.15, -0.1) is 0 Å². The molecule has 29 heavy (non-hydrogen) atoms. The zero-order chi connectivity index (χ0) is 20.4. The molecule has 0 aliphatic carbocycles. The number of rotatable bonds is 5. The minimum absolute atomic E-state index is 0.0142. The fraction of sp³-hybridized carbons (Fsp3) is 0.0952. The summed E-state index contributed by atoms with van der Waals surface area (Å²) in [5.41, 5.74) is 3.37. The van der Waals surface area contributed by atoms with Crippen molar-refractivity contribution < 1.29 is 4.92 Å². The topological polar surface area (TPSA) is 103 Å². The highest BCUT2D eigenvalue weighted by atomic mass is 16.6. The van der Waals surface area contributed by atoms with Gasteiger partial charge in [-0.2, -0.15) is 0 Å². The molecule has 0 radical (unpaired) electrons. The number of nitrogens with zero attached hydrogens (tertiary/aromatic N) is 4. The molecule has 8 nitrogen and oxygen atoms in total. The van der Waals surface area contributed by atoms with Gasteiger partial charge in [-0.05, 0) is 41.8 Å². The zero-order valence-corrected chi connectivity index (χ0v) is 15.6. The van der Waals surface area contributed by atoms with E-state index in [1.54, 1.807) is 25.4 Å². The van der Waals surface area contributed by atoms with E-state index in [1.807, 2.05) is 30.3 Å². The third kappa shape index (κ3) is 3.96. The van der Waals surface area contributed by atoms with E-state index in [0.717, 1.165) is 16.8 Å². The van der Waals surface area contributed by atoms with E-state index in [2.05, 4.69) is 15.3 Å². The quantitative estimate of drug-likeness (QED) is 0.415. The second-order valence-corrected chi connectivity index (χ2v) is 6.66. The number of hydrogen-bond donors (Lipinski definition) is 1. The molecule has 8 heteroatoms. The Morgan fingerprint density at radius 3 is 2.55 bits per heavy atom. The molecule has 0 spiro atoms. The molecule has 0 aliphatic heterocycles. The predicted octanol–water partition coefficient (Wildman–Crippen LogP) is 3.57. The van der Waals surface area contributed by atoms with Gasteiger partial charge in [0.2, 0.25) is 0 Å². The number of anilines is 2. The van der Waals surface area contributed by atoms with Gasteiger partial charge in [-0.3, -0.25) is 14.9 Å². The Balaban J connectivity index is 1.57. The number of nitrogens with one attached hydrogen (secondary N) is 1. The van der Waals surface area contributed by atoms with Crippen LogP contribution in [0.2, 0.25) is 0 Å². The van der Waals surface area contributed by atoms with Gasteiger partial charge < -0.3 is 9.88 Å². The lowest BCUT2D eigenvalue weighted by Gasteiger charge is -2.09. The van der Waals surface area contributed by atoms with Gasteiger partial charge in [0.05, 0.1) is 10.4 Å². The van der Waals surface area contributed by atoms with Crippen molar-refractivity contribution in [3.63, 3.8) is 0 Å². The van der Waals surface area contributed by atoms with Crippen LogP contribution < -0.4 is 10.9 Å². The molecule has 0 bridgehead atoms. The summed E-state index contributed by atoms with van der Waals surface area (Å²) in [6.45, 7) is 0. The highest BCUT2D eigenvalue weighted by Crippen LogP contribution is 2.26. The molecule has 2 aromatic heterocycles. The van der Waals surface area contributed by atoms with Crippen LogP contribution in [0.15, 0.2) is 71.9 Å². The van der Waals surface area contributed by atoms with Crippen molar-refractivity contribution in [3.05, 3.63) is 98.7 Å². The molecule has 1 N–H and O–H groups in total. The van der Waals surface area contributed by atoms with E-state index in [-0.39, 0.29) is 11.2 Å². The van der Waals surface area contributed by atoms with Crippen LogP contribution in [0.3, 0.4) is 0 Å². The van der Waals surface area contributed by atoms with Crippen LogP contribution in [0.25, 0.3) is 10.9 Å². The summed E-state index contributed by atoms with van der Waals surface area (Å²) in [6, 6.07) is 15.8. The summed E-state index contributed by atoms with van der Waals surface area (Å²) in [6.07, 6.45) is 3.83. The van der Waals surface area contributed by atoms with Crippen molar-refractivity contribution in [1.82, 2.24) is 14.5 Å². The molecule has 4 rings (SSSR count). The normalized spacial score (nSPS) is 10.8. The number of nitro groups is 1. The van der Waals surface area contributed by atoms with E-state index >= 15 is 0 Å². The molecule has 0 atom stereocenters. The van der Waals surface area contributed by atoms with Gasteiger partial charge in [-0.25, -0.2) is 9.97 Å². The standard InChI is InChI=1S/C21H17N5O3/c1-25-9-8-15(11-20(25)27)10-14-2-4-16(5-3-14)24-21-18-12-17(26(28)29)6-7-19(18)22-13-23-21/h2-9,11-13H,10H2,1H3,(H,22,23,24). The first-order valence-electron chi connectivity index (χ1n) is 8.90. The summed E-state index contributed by atoms with van der Waals surface area (Å²) in [5.74, 6) is 0.498. The average molecular weight is 387 g/mol. The van der Waals surface area contributed by atoms with Crippen molar-refractivity contribution in [2.45, 2.75) is 6.42 Å². The Labute approximate surface area is 165 Å². The number of aromatic nitrogens is 3. The summed E-state index contributed by atoms with van der Waals surface area (Å²) in [5, 5.41) is 14.8. The number of benzene rings is 2. The summed E-state index contributed by atoms with van der Waals surface area (Å²) >= 11 is 0. The van der Waals surface area contributed by atoms with E-state index < -0.39 is 4.92 Å². The molecule has 0 saturated heterocycles. The molecule has 0 fully saturated rings. The molecular formula is C21H17N5O3. The van der Waals surface area contributed by atoms with Crippen LogP contribution >= 0.6 is 0 Å². The third-order valence-corrected chi connectivity index (χ3v) is 4.62. The number of non-ortho nitro benzene ring substituents is 1. The average Bonchev–Trinajstić information content (AvgIpc) is 2.72. The Bertz CT molecular complexity index is 1270. The van der Waals surface area contributed by atoms with E-state index in [1.165, 1.54) is 23.0 Å². The lowest BCUT2D eigenvalue weighted by molar-refractivity contribution is -0.384. The Hall–Kier alpha value is -4.07. The summed E-state index contributed by atoms with van der Waals surface area (Å²) < 4.78 is 1.53. The van der Waals surface area contributed by atoms with Crippen LogP contribution in [0.1, 0.15) is 11.1 Å². The van der Waals surface area contributed by atoms with Crippen LogP contribution in [-0.2, 0) is 13.5 Å². The van der Waals surface area contributed by atoms with Gasteiger partial charge in [0.15, 0.2) is 0 Å². The summed E-state index contributed by atoms with van der Waals surface area (Å²) in [7, 11) is 1.72. The molecule has 0 aliphatic rings. The van der Waals surface area contributed by atoms with Crippen LogP contribution in [-0.4, -0.2) is 19.5 Å². The highest BCUT2D eigenvalue weighted by molar-refractivity contribution is 5.92.